The zero-order valence-electron chi connectivity index (χ0n) is 7.75. The first-order valence-corrected chi connectivity index (χ1v) is 3.92. The Morgan fingerprint density at radius 3 is 2.50 bits per heavy atom. The summed E-state index contributed by atoms with van der Waals surface area (Å²) < 4.78 is 36.3. The second-order valence-corrected chi connectivity index (χ2v) is 2.66. The summed E-state index contributed by atoms with van der Waals surface area (Å²) in [4.78, 5) is 6.18. The van der Waals surface area contributed by atoms with Crippen LogP contribution in [0.3, 0.4) is 0 Å². The van der Waals surface area contributed by atoms with Crippen molar-refractivity contribution in [3.8, 4) is 0 Å². The van der Waals surface area contributed by atoms with Gasteiger partial charge in [-0.2, -0.15) is 13.2 Å². The van der Waals surface area contributed by atoms with Crippen LogP contribution in [-0.2, 0) is 0 Å². The van der Waals surface area contributed by atoms with Crippen molar-refractivity contribution in [1.82, 2.24) is 0 Å². The molecule has 0 aromatic carbocycles. The average Bonchev–Trinajstić information content (AvgIpc) is 2.00. The molecule has 0 fully saturated rings. The molecule has 2 N–H and O–H groups in total. The molecule has 14 heavy (non-hydrogen) atoms. The topological polar surface area (TPSA) is 50.7 Å². The van der Waals surface area contributed by atoms with Crippen LogP contribution in [0.1, 0.15) is 13.3 Å². The molecule has 0 aliphatic rings. The summed E-state index contributed by atoms with van der Waals surface area (Å²) in [6, 6.07) is -0.225. The number of amidine groups is 1. The molecule has 0 radical (unpaired) electrons. The molecule has 3 nitrogen and oxygen atoms in total. The van der Waals surface area contributed by atoms with E-state index in [0.29, 0.717) is 0 Å². The van der Waals surface area contributed by atoms with E-state index in [0.717, 1.165) is 12.4 Å². The van der Waals surface area contributed by atoms with Gasteiger partial charge in [0.2, 0.25) is 5.84 Å². The zero-order valence-corrected chi connectivity index (χ0v) is 7.75. The Morgan fingerprint density at radius 1 is 1.57 bits per heavy atom. The van der Waals surface area contributed by atoms with Crippen LogP contribution in [0, 0.1) is 0 Å². The van der Waals surface area contributed by atoms with Gasteiger partial charge in [0.1, 0.15) is 0 Å². The Balaban J connectivity index is 4.48. The number of hydrogen-bond acceptors (Lipinski definition) is 2. The van der Waals surface area contributed by atoms with Crippen LogP contribution in [0.2, 0.25) is 0 Å². The first-order chi connectivity index (χ1) is 6.38. The van der Waals surface area contributed by atoms with E-state index in [9.17, 15) is 13.2 Å². The van der Waals surface area contributed by atoms with Crippen molar-refractivity contribution in [2.24, 2.45) is 15.7 Å². The Hall–Kier alpha value is -1.17. The highest BCUT2D eigenvalue weighted by Gasteiger charge is 2.35. The van der Waals surface area contributed by atoms with Gasteiger partial charge in [0, 0.05) is 18.5 Å². The third-order valence-electron chi connectivity index (χ3n) is 1.16. The predicted molar refractivity (Wildman–Crippen MR) is 50.4 cm³/mol. The quantitative estimate of drug-likeness (QED) is 0.557. The van der Waals surface area contributed by atoms with Crippen LogP contribution in [0.5, 0.6) is 0 Å². The van der Waals surface area contributed by atoms with Crippen LogP contribution in [-0.4, -0.2) is 24.3 Å². The molecule has 0 amide bonds. The van der Waals surface area contributed by atoms with Gasteiger partial charge in [-0.1, -0.05) is 6.58 Å². The summed E-state index contributed by atoms with van der Waals surface area (Å²) in [6.45, 7) is 4.74. The van der Waals surface area contributed by atoms with E-state index in [4.69, 9.17) is 5.73 Å². The summed E-state index contributed by atoms with van der Waals surface area (Å²) in [5.41, 5.74) is 5.33. The average molecular weight is 207 g/mol. The molecule has 0 bridgehead atoms. The van der Waals surface area contributed by atoms with Crippen LogP contribution in [0.25, 0.3) is 0 Å². The van der Waals surface area contributed by atoms with Gasteiger partial charge in [-0.3, -0.25) is 0 Å². The number of rotatable bonds is 3. The minimum atomic E-state index is -4.55. The van der Waals surface area contributed by atoms with Gasteiger partial charge >= 0.3 is 6.18 Å². The van der Waals surface area contributed by atoms with E-state index < -0.39 is 12.0 Å². The van der Waals surface area contributed by atoms with Crippen molar-refractivity contribution in [3.63, 3.8) is 0 Å². The van der Waals surface area contributed by atoms with Gasteiger partial charge in [0.25, 0.3) is 0 Å². The highest BCUT2D eigenvalue weighted by molar-refractivity contribution is 5.94. The lowest BCUT2D eigenvalue weighted by Gasteiger charge is -2.04. The fourth-order valence-electron chi connectivity index (χ4n) is 0.572. The molecule has 0 saturated heterocycles. The molecule has 0 rings (SSSR count). The molecule has 0 aromatic heterocycles. The van der Waals surface area contributed by atoms with Crippen molar-refractivity contribution in [2.75, 3.05) is 0 Å². The minimum Gasteiger partial charge on any atom is -0.328 e. The maximum absolute atomic E-state index is 12.1. The second kappa shape index (κ2) is 5.54. The van der Waals surface area contributed by atoms with E-state index in [-0.39, 0.29) is 12.5 Å². The number of aliphatic imine (C=N–C) groups is 2. The third kappa shape index (κ3) is 5.47. The van der Waals surface area contributed by atoms with Gasteiger partial charge in [-0.05, 0) is 13.3 Å². The highest BCUT2D eigenvalue weighted by atomic mass is 19.4. The lowest BCUT2D eigenvalue weighted by molar-refractivity contribution is -0.0596. The van der Waals surface area contributed by atoms with E-state index in [1.54, 1.807) is 6.92 Å². The predicted octanol–water partition coefficient (Wildman–Crippen LogP) is 1.90. The van der Waals surface area contributed by atoms with E-state index >= 15 is 0 Å². The SMILES string of the molecule is C=C/N=C(\N=C/C[C@@H](C)N)C(F)(F)F. The maximum atomic E-state index is 12.1. The summed E-state index contributed by atoms with van der Waals surface area (Å²) in [7, 11) is 0. The number of nitrogens with two attached hydrogens (primary N) is 1. The first-order valence-electron chi connectivity index (χ1n) is 3.92. The zero-order chi connectivity index (χ0) is 11.2. The molecule has 80 valence electrons. The van der Waals surface area contributed by atoms with Gasteiger partial charge in [-0.15, -0.1) is 0 Å². The molecular weight excluding hydrogens is 195 g/mol. The van der Waals surface area contributed by atoms with E-state index in [1.165, 1.54) is 0 Å². The fourth-order valence-corrected chi connectivity index (χ4v) is 0.572. The maximum Gasteiger partial charge on any atom is 0.451 e. The Kier molecular flexibility index (Phi) is 5.07. The molecule has 0 saturated carbocycles. The van der Waals surface area contributed by atoms with Gasteiger partial charge in [0.05, 0.1) is 0 Å². The second-order valence-electron chi connectivity index (χ2n) is 2.66. The van der Waals surface area contributed by atoms with Gasteiger partial charge in [0.15, 0.2) is 0 Å². The number of halogens is 3. The molecule has 0 aliphatic carbocycles. The number of nitrogens with zero attached hydrogens (tertiary/aromatic N) is 2. The molecular formula is C8H12F3N3. The summed E-state index contributed by atoms with van der Waals surface area (Å²) in [5.74, 6) is -1.21. The molecule has 1 atom stereocenters. The monoisotopic (exact) mass is 207 g/mol. The number of alkyl halides is 3. The highest BCUT2D eigenvalue weighted by Crippen LogP contribution is 2.18. The van der Waals surface area contributed by atoms with Crippen LogP contribution < -0.4 is 5.73 Å². The van der Waals surface area contributed by atoms with Crippen molar-refractivity contribution in [1.29, 1.82) is 0 Å². The largest absolute Gasteiger partial charge is 0.451 e. The molecule has 0 aromatic rings. The lowest BCUT2D eigenvalue weighted by Crippen LogP contribution is -2.21. The van der Waals surface area contributed by atoms with E-state index in [1.807, 2.05) is 0 Å². The standard InChI is InChI=1S/C8H12F3N3/c1-3-13-7(8(9,10)11)14-5-4-6(2)12/h3,5-6H,1,4,12H2,2H3/b13-7-,14-5-/t6-/m1/s1. The molecule has 0 unspecified atom stereocenters. The Labute approximate surface area is 80.2 Å². The van der Waals surface area contributed by atoms with Gasteiger partial charge < -0.3 is 5.73 Å². The van der Waals surface area contributed by atoms with Crippen LogP contribution in [0.15, 0.2) is 22.8 Å². The molecule has 0 spiro atoms. The summed E-state index contributed by atoms with van der Waals surface area (Å²) in [5, 5.41) is 0. The Bertz CT molecular complexity index is 241. The summed E-state index contributed by atoms with van der Waals surface area (Å²) >= 11 is 0. The molecule has 0 aliphatic heterocycles. The van der Waals surface area contributed by atoms with Crippen molar-refractivity contribution >= 4 is 12.1 Å². The summed E-state index contributed by atoms with van der Waals surface area (Å²) in [6.07, 6.45) is -2.39. The van der Waals surface area contributed by atoms with Crippen LogP contribution in [0.4, 0.5) is 13.2 Å². The Morgan fingerprint density at radius 2 is 2.14 bits per heavy atom. The lowest BCUT2D eigenvalue weighted by atomic mass is 10.3. The van der Waals surface area contributed by atoms with Crippen molar-refractivity contribution < 1.29 is 13.2 Å². The molecule has 6 heteroatoms. The fraction of sp³-hybridized carbons (Fsp3) is 0.500. The normalized spacial score (nSPS) is 15.9. The van der Waals surface area contributed by atoms with Crippen molar-refractivity contribution in [2.45, 2.75) is 25.6 Å². The van der Waals surface area contributed by atoms with Gasteiger partial charge in [-0.25, -0.2) is 9.98 Å². The molecule has 0 heterocycles. The number of hydrogen-bond donors (Lipinski definition) is 1. The minimum absolute atomic E-state index is 0.225. The third-order valence-corrected chi connectivity index (χ3v) is 1.16. The van der Waals surface area contributed by atoms with Crippen LogP contribution >= 0.6 is 0 Å². The van der Waals surface area contributed by atoms with Crippen molar-refractivity contribution in [3.05, 3.63) is 12.8 Å². The first kappa shape index (κ1) is 12.8. The van der Waals surface area contributed by atoms with E-state index in [2.05, 4.69) is 16.6 Å². The smallest absolute Gasteiger partial charge is 0.328 e.